The zero-order chi connectivity index (χ0) is 15.0. The van der Waals surface area contributed by atoms with Gasteiger partial charge in [-0.1, -0.05) is 12.1 Å². The summed E-state index contributed by atoms with van der Waals surface area (Å²) in [6.07, 6.45) is 1.80. The van der Waals surface area contributed by atoms with Crippen LogP contribution >= 0.6 is 0 Å². The van der Waals surface area contributed by atoms with Gasteiger partial charge in [0.05, 0.1) is 10.6 Å². The highest BCUT2D eigenvalue weighted by Gasteiger charge is 2.30. The van der Waals surface area contributed by atoms with Crippen molar-refractivity contribution in [1.29, 1.82) is 0 Å². The van der Waals surface area contributed by atoms with Crippen LogP contribution in [0.2, 0.25) is 0 Å². The summed E-state index contributed by atoms with van der Waals surface area (Å²) in [4.78, 5) is 0.170. The number of nitrogens with two attached hydrogens (primary N) is 1. The van der Waals surface area contributed by atoms with Crippen LogP contribution in [0, 0.1) is 0 Å². The summed E-state index contributed by atoms with van der Waals surface area (Å²) >= 11 is 0. The first-order valence-corrected chi connectivity index (χ1v) is 9.71. The molecule has 1 aromatic rings. The summed E-state index contributed by atoms with van der Waals surface area (Å²) in [6, 6.07) is 5.84. The second kappa shape index (κ2) is 5.44. The maximum Gasteiger partial charge on any atom is 0.243 e. The monoisotopic (exact) mass is 318 g/mol. The van der Waals surface area contributed by atoms with Crippen LogP contribution in [0.15, 0.2) is 29.2 Å². The third-order valence-electron chi connectivity index (χ3n) is 3.18. The molecule has 0 saturated carbocycles. The average molecular weight is 318 g/mol. The molecule has 0 aromatic heterocycles. The van der Waals surface area contributed by atoms with Gasteiger partial charge in [-0.3, -0.25) is 0 Å². The lowest BCUT2D eigenvalue weighted by molar-refractivity contribution is 0.472. The van der Waals surface area contributed by atoms with E-state index in [0.29, 0.717) is 25.1 Å². The third-order valence-corrected chi connectivity index (χ3v) is 5.91. The minimum absolute atomic E-state index is 0.0953. The number of nitrogens with zero attached hydrogens (tertiary/aromatic N) is 1. The molecule has 0 spiro atoms. The van der Waals surface area contributed by atoms with Crippen molar-refractivity contribution < 1.29 is 16.8 Å². The largest absolute Gasteiger partial charge is 0.326 e. The fraction of sp³-hybridized carbons (Fsp3) is 0.500. The molecule has 6 nitrogen and oxygen atoms in total. The van der Waals surface area contributed by atoms with Crippen LogP contribution in [0.1, 0.15) is 12.0 Å². The number of rotatable bonds is 4. The molecule has 1 atom stereocenters. The van der Waals surface area contributed by atoms with E-state index in [4.69, 9.17) is 5.73 Å². The van der Waals surface area contributed by atoms with E-state index in [1.807, 2.05) is 0 Å². The first-order valence-electron chi connectivity index (χ1n) is 6.21. The van der Waals surface area contributed by atoms with Gasteiger partial charge in [-0.2, -0.15) is 4.31 Å². The smallest absolute Gasteiger partial charge is 0.243 e. The first-order chi connectivity index (χ1) is 9.18. The van der Waals surface area contributed by atoms with Gasteiger partial charge in [-0.25, -0.2) is 16.8 Å². The molecule has 0 bridgehead atoms. The number of sulfone groups is 1. The molecular weight excluding hydrogens is 300 g/mol. The number of hydrogen-bond acceptors (Lipinski definition) is 5. The van der Waals surface area contributed by atoms with Gasteiger partial charge in [0.1, 0.15) is 0 Å². The zero-order valence-electron chi connectivity index (χ0n) is 11.2. The van der Waals surface area contributed by atoms with Crippen molar-refractivity contribution in [2.75, 3.05) is 19.3 Å². The van der Waals surface area contributed by atoms with Crippen molar-refractivity contribution in [2.45, 2.75) is 23.1 Å². The molecule has 1 fully saturated rings. The lowest BCUT2D eigenvalue weighted by Gasteiger charge is -2.16. The highest BCUT2D eigenvalue weighted by Crippen LogP contribution is 2.21. The highest BCUT2D eigenvalue weighted by atomic mass is 32.2. The van der Waals surface area contributed by atoms with Crippen LogP contribution < -0.4 is 5.73 Å². The van der Waals surface area contributed by atoms with Crippen molar-refractivity contribution in [3.63, 3.8) is 0 Å². The Balaban J connectivity index is 2.21. The summed E-state index contributed by atoms with van der Waals surface area (Å²) in [6.45, 7) is 0.752. The van der Waals surface area contributed by atoms with E-state index in [1.165, 1.54) is 28.6 Å². The molecule has 0 radical (unpaired) electrons. The Morgan fingerprint density at radius 1 is 1.20 bits per heavy atom. The van der Waals surface area contributed by atoms with Crippen LogP contribution in [-0.4, -0.2) is 46.5 Å². The Morgan fingerprint density at radius 3 is 2.25 bits per heavy atom. The molecule has 0 aliphatic carbocycles. The summed E-state index contributed by atoms with van der Waals surface area (Å²) < 4.78 is 48.4. The fourth-order valence-corrected chi connectivity index (χ4v) is 4.49. The minimum Gasteiger partial charge on any atom is -0.326 e. The number of benzene rings is 1. The predicted octanol–water partition coefficient (Wildman–Crippen LogP) is -0.0471. The molecule has 2 rings (SSSR count). The molecule has 112 valence electrons. The zero-order valence-corrected chi connectivity index (χ0v) is 12.8. The van der Waals surface area contributed by atoms with E-state index in [2.05, 4.69) is 0 Å². The Kier molecular flexibility index (Phi) is 4.19. The molecule has 8 heteroatoms. The van der Waals surface area contributed by atoms with Gasteiger partial charge in [-0.15, -0.1) is 0 Å². The van der Waals surface area contributed by atoms with Crippen molar-refractivity contribution in [3.05, 3.63) is 29.8 Å². The molecular formula is C12H18N2O4S2. The normalized spacial score (nSPS) is 21.2. The van der Waals surface area contributed by atoms with Crippen molar-refractivity contribution in [3.8, 4) is 0 Å². The van der Waals surface area contributed by atoms with Crippen LogP contribution in [0.4, 0.5) is 0 Å². The van der Waals surface area contributed by atoms with Gasteiger partial charge in [0, 0.05) is 25.4 Å². The van der Waals surface area contributed by atoms with Crippen LogP contribution in [0.5, 0.6) is 0 Å². The summed E-state index contributed by atoms with van der Waals surface area (Å²) in [5.41, 5.74) is 6.29. The van der Waals surface area contributed by atoms with E-state index < -0.39 is 19.9 Å². The summed E-state index contributed by atoms with van der Waals surface area (Å²) in [7, 11) is -6.65. The Hall–Kier alpha value is -0.960. The molecule has 1 aliphatic rings. The van der Waals surface area contributed by atoms with Crippen molar-refractivity contribution in [2.24, 2.45) is 5.73 Å². The molecule has 2 N–H and O–H groups in total. The van der Waals surface area contributed by atoms with Crippen LogP contribution in [-0.2, 0) is 25.6 Å². The van der Waals surface area contributed by atoms with E-state index in [0.717, 1.165) is 6.26 Å². The van der Waals surface area contributed by atoms with Gasteiger partial charge in [-0.05, 0) is 24.1 Å². The molecule has 0 amide bonds. The lowest BCUT2D eigenvalue weighted by Crippen LogP contribution is -2.31. The van der Waals surface area contributed by atoms with Crippen LogP contribution in [0.3, 0.4) is 0 Å². The van der Waals surface area contributed by atoms with E-state index in [1.54, 1.807) is 0 Å². The average Bonchev–Trinajstić information content (AvgIpc) is 2.75. The molecule has 1 unspecified atom stereocenters. The molecule has 20 heavy (non-hydrogen) atoms. The highest BCUT2D eigenvalue weighted by molar-refractivity contribution is 7.90. The summed E-state index contributed by atoms with van der Waals surface area (Å²) in [5.74, 6) is -0.0953. The number of hydrogen-bond donors (Lipinski definition) is 1. The van der Waals surface area contributed by atoms with Gasteiger partial charge in [0.25, 0.3) is 0 Å². The maximum absolute atomic E-state index is 12.3. The van der Waals surface area contributed by atoms with E-state index in [-0.39, 0.29) is 16.7 Å². The van der Waals surface area contributed by atoms with Gasteiger partial charge in [0.15, 0.2) is 9.84 Å². The third kappa shape index (κ3) is 3.57. The second-order valence-corrected chi connectivity index (χ2v) is 9.20. The van der Waals surface area contributed by atoms with Gasteiger partial charge >= 0.3 is 0 Å². The summed E-state index contributed by atoms with van der Waals surface area (Å²) in [5, 5.41) is 0. The Labute approximate surface area is 119 Å². The van der Waals surface area contributed by atoms with E-state index >= 15 is 0 Å². The molecule has 1 heterocycles. The Morgan fingerprint density at radius 2 is 1.80 bits per heavy atom. The number of sulfonamides is 1. The van der Waals surface area contributed by atoms with E-state index in [9.17, 15) is 16.8 Å². The standard InChI is InChI=1S/C12H18N2O4S2/c1-19(15,16)9-10-2-4-12(5-3-10)20(17,18)14-7-6-11(13)8-14/h2-5,11H,6-9,13H2,1H3. The predicted molar refractivity (Wildman–Crippen MR) is 76.3 cm³/mol. The molecule has 1 aromatic carbocycles. The van der Waals surface area contributed by atoms with Gasteiger partial charge < -0.3 is 5.73 Å². The Bertz CT molecular complexity index is 681. The van der Waals surface area contributed by atoms with Crippen LogP contribution in [0.25, 0.3) is 0 Å². The second-order valence-electron chi connectivity index (χ2n) is 5.13. The molecule has 1 saturated heterocycles. The SMILES string of the molecule is CS(=O)(=O)Cc1ccc(S(=O)(=O)N2CCC(N)C2)cc1. The van der Waals surface area contributed by atoms with Crippen molar-refractivity contribution in [1.82, 2.24) is 4.31 Å². The van der Waals surface area contributed by atoms with Crippen molar-refractivity contribution >= 4 is 19.9 Å². The molecule has 1 aliphatic heterocycles. The maximum atomic E-state index is 12.3. The minimum atomic E-state index is -3.53. The van der Waals surface area contributed by atoms with Gasteiger partial charge in [0.2, 0.25) is 10.0 Å². The lowest BCUT2D eigenvalue weighted by atomic mass is 10.2. The first kappa shape index (κ1) is 15.4. The topological polar surface area (TPSA) is 97.5 Å². The quantitative estimate of drug-likeness (QED) is 0.839. The fourth-order valence-electron chi connectivity index (χ4n) is 2.18.